The van der Waals surface area contributed by atoms with Crippen LogP contribution >= 0.6 is 0 Å². The highest BCUT2D eigenvalue weighted by molar-refractivity contribution is 5.89. The predicted octanol–water partition coefficient (Wildman–Crippen LogP) is 3.62. The summed E-state index contributed by atoms with van der Waals surface area (Å²) in [6.07, 6.45) is 6.34. The topological polar surface area (TPSA) is 39.2 Å². The second-order valence-electron chi connectivity index (χ2n) is 5.55. The molecule has 19 heavy (non-hydrogen) atoms. The molecule has 1 aromatic heterocycles. The van der Waals surface area contributed by atoms with Crippen molar-refractivity contribution < 1.29 is 9.53 Å². The third kappa shape index (κ3) is 3.43. The summed E-state index contributed by atoms with van der Waals surface area (Å²) in [5, 5.41) is 0. The molecule has 0 bridgehead atoms. The second kappa shape index (κ2) is 6.00. The zero-order chi connectivity index (χ0) is 13.8. The molecule has 1 aromatic rings. The summed E-state index contributed by atoms with van der Waals surface area (Å²) in [6.45, 7) is 8.26. The van der Waals surface area contributed by atoms with E-state index in [9.17, 15) is 4.79 Å². The number of hydrogen-bond donors (Lipinski definition) is 0. The van der Waals surface area contributed by atoms with Crippen LogP contribution in [0.4, 0.5) is 0 Å². The first-order chi connectivity index (χ1) is 9.08. The number of nitrogens with zero attached hydrogens (tertiary/aromatic N) is 1. The minimum absolute atomic E-state index is 0.0399. The Hall–Kier alpha value is -1.64. The Morgan fingerprint density at radius 1 is 1.37 bits per heavy atom. The standard InChI is InChI=1S/C16H21NO2/c1-11(2)14-5-4-12(3)10-15(14)19-16(18)13-6-8-17-9-7-13/h6-9,12,14-15H,1,4-5,10H2,2-3H3. The molecule has 0 aromatic carbocycles. The molecule has 1 saturated carbocycles. The number of carbonyl (C=O) groups is 1. The first-order valence-corrected chi connectivity index (χ1v) is 6.84. The maximum absolute atomic E-state index is 12.1. The number of carbonyl (C=O) groups excluding carboxylic acids is 1. The van der Waals surface area contributed by atoms with Crippen LogP contribution in [0.25, 0.3) is 0 Å². The molecule has 102 valence electrons. The van der Waals surface area contributed by atoms with Crippen LogP contribution in [0.1, 0.15) is 43.5 Å². The third-order valence-electron chi connectivity index (χ3n) is 3.86. The maximum Gasteiger partial charge on any atom is 0.338 e. The molecule has 2 rings (SSSR count). The van der Waals surface area contributed by atoms with Crippen molar-refractivity contribution in [3.63, 3.8) is 0 Å². The van der Waals surface area contributed by atoms with Crippen molar-refractivity contribution >= 4 is 5.97 Å². The highest BCUT2D eigenvalue weighted by Crippen LogP contribution is 2.34. The molecule has 1 fully saturated rings. The monoisotopic (exact) mass is 259 g/mol. The van der Waals surface area contributed by atoms with Gasteiger partial charge in [0.1, 0.15) is 6.10 Å². The average molecular weight is 259 g/mol. The third-order valence-corrected chi connectivity index (χ3v) is 3.86. The molecule has 3 nitrogen and oxygen atoms in total. The first kappa shape index (κ1) is 13.8. The van der Waals surface area contributed by atoms with Crippen LogP contribution in [-0.2, 0) is 4.74 Å². The molecule has 0 saturated heterocycles. The van der Waals surface area contributed by atoms with Crippen molar-refractivity contribution in [2.24, 2.45) is 11.8 Å². The molecular formula is C16H21NO2. The number of hydrogen-bond acceptors (Lipinski definition) is 3. The SMILES string of the molecule is C=C(C)C1CCC(C)CC1OC(=O)c1ccncc1. The smallest absolute Gasteiger partial charge is 0.338 e. The predicted molar refractivity (Wildman–Crippen MR) is 74.8 cm³/mol. The van der Waals surface area contributed by atoms with Gasteiger partial charge in [-0.2, -0.15) is 0 Å². The molecular weight excluding hydrogens is 238 g/mol. The van der Waals surface area contributed by atoms with E-state index in [1.807, 2.05) is 6.92 Å². The summed E-state index contributed by atoms with van der Waals surface area (Å²) in [7, 11) is 0. The Kier molecular flexibility index (Phi) is 4.35. The van der Waals surface area contributed by atoms with Crippen LogP contribution in [0.2, 0.25) is 0 Å². The summed E-state index contributed by atoms with van der Waals surface area (Å²) < 4.78 is 5.69. The Morgan fingerprint density at radius 3 is 2.68 bits per heavy atom. The van der Waals surface area contributed by atoms with Gasteiger partial charge in [0, 0.05) is 18.3 Å². The molecule has 0 aliphatic heterocycles. The van der Waals surface area contributed by atoms with Crippen molar-refractivity contribution in [2.75, 3.05) is 0 Å². The van der Waals surface area contributed by atoms with Gasteiger partial charge in [0.25, 0.3) is 0 Å². The van der Waals surface area contributed by atoms with Gasteiger partial charge in [-0.15, -0.1) is 0 Å². The number of rotatable bonds is 3. The van der Waals surface area contributed by atoms with Crippen molar-refractivity contribution in [1.82, 2.24) is 4.98 Å². The van der Waals surface area contributed by atoms with Crippen LogP contribution in [0, 0.1) is 11.8 Å². The summed E-state index contributed by atoms with van der Waals surface area (Å²) in [6, 6.07) is 3.37. The molecule has 0 radical (unpaired) electrons. The van der Waals surface area contributed by atoms with E-state index < -0.39 is 0 Å². The Balaban J connectivity index is 2.07. The fourth-order valence-corrected chi connectivity index (χ4v) is 2.72. The van der Waals surface area contributed by atoms with Crippen molar-refractivity contribution in [2.45, 2.75) is 39.2 Å². The lowest BCUT2D eigenvalue weighted by atomic mass is 9.77. The number of aromatic nitrogens is 1. The Bertz CT molecular complexity index is 455. The van der Waals surface area contributed by atoms with Crippen LogP contribution in [0.3, 0.4) is 0 Å². The van der Waals surface area contributed by atoms with Gasteiger partial charge >= 0.3 is 5.97 Å². The van der Waals surface area contributed by atoms with Gasteiger partial charge in [-0.3, -0.25) is 4.98 Å². The highest BCUT2D eigenvalue weighted by Gasteiger charge is 2.32. The number of esters is 1. The van der Waals surface area contributed by atoms with Crippen LogP contribution in [-0.4, -0.2) is 17.1 Å². The summed E-state index contributed by atoms with van der Waals surface area (Å²) >= 11 is 0. The summed E-state index contributed by atoms with van der Waals surface area (Å²) in [5.41, 5.74) is 1.67. The molecule has 3 atom stereocenters. The second-order valence-corrected chi connectivity index (χ2v) is 5.55. The van der Waals surface area contributed by atoms with Crippen LogP contribution < -0.4 is 0 Å². The summed E-state index contributed by atoms with van der Waals surface area (Å²) in [4.78, 5) is 16.0. The molecule has 1 heterocycles. The molecule has 0 spiro atoms. The molecule has 0 amide bonds. The lowest BCUT2D eigenvalue weighted by molar-refractivity contribution is 0.000442. The zero-order valence-corrected chi connectivity index (χ0v) is 11.6. The zero-order valence-electron chi connectivity index (χ0n) is 11.6. The average Bonchev–Trinajstić information content (AvgIpc) is 2.39. The Morgan fingerprint density at radius 2 is 2.05 bits per heavy atom. The quantitative estimate of drug-likeness (QED) is 0.614. The van der Waals surface area contributed by atoms with Gasteiger partial charge in [-0.1, -0.05) is 19.1 Å². The van der Waals surface area contributed by atoms with E-state index in [1.165, 1.54) is 6.42 Å². The van der Waals surface area contributed by atoms with Crippen molar-refractivity contribution in [1.29, 1.82) is 0 Å². The number of ether oxygens (including phenoxy) is 1. The minimum atomic E-state index is -0.257. The first-order valence-electron chi connectivity index (χ1n) is 6.84. The fourth-order valence-electron chi connectivity index (χ4n) is 2.72. The summed E-state index contributed by atoms with van der Waals surface area (Å²) in [5.74, 6) is 0.639. The van der Waals surface area contributed by atoms with Gasteiger partial charge < -0.3 is 4.74 Å². The van der Waals surface area contributed by atoms with E-state index in [0.717, 1.165) is 18.4 Å². The minimum Gasteiger partial charge on any atom is -0.458 e. The molecule has 1 aliphatic rings. The lowest BCUT2D eigenvalue weighted by Gasteiger charge is -2.34. The molecule has 3 heteroatoms. The van der Waals surface area contributed by atoms with E-state index in [0.29, 0.717) is 17.4 Å². The molecule has 1 aliphatic carbocycles. The van der Waals surface area contributed by atoms with Gasteiger partial charge in [0.05, 0.1) is 5.56 Å². The van der Waals surface area contributed by atoms with E-state index in [-0.39, 0.29) is 12.1 Å². The number of pyridine rings is 1. The van der Waals surface area contributed by atoms with E-state index in [2.05, 4.69) is 18.5 Å². The Labute approximate surface area is 114 Å². The van der Waals surface area contributed by atoms with Gasteiger partial charge in [-0.05, 0) is 44.2 Å². The van der Waals surface area contributed by atoms with Gasteiger partial charge in [0.2, 0.25) is 0 Å². The van der Waals surface area contributed by atoms with Crippen molar-refractivity contribution in [3.8, 4) is 0 Å². The fraction of sp³-hybridized carbons (Fsp3) is 0.500. The van der Waals surface area contributed by atoms with Crippen molar-refractivity contribution in [3.05, 3.63) is 42.2 Å². The largest absolute Gasteiger partial charge is 0.458 e. The maximum atomic E-state index is 12.1. The van der Waals surface area contributed by atoms with Gasteiger partial charge in [0.15, 0.2) is 0 Å². The van der Waals surface area contributed by atoms with Gasteiger partial charge in [-0.25, -0.2) is 4.79 Å². The van der Waals surface area contributed by atoms with E-state index in [4.69, 9.17) is 4.74 Å². The van der Waals surface area contributed by atoms with Crippen LogP contribution in [0.15, 0.2) is 36.7 Å². The van der Waals surface area contributed by atoms with E-state index in [1.54, 1.807) is 24.5 Å². The highest BCUT2D eigenvalue weighted by atomic mass is 16.5. The molecule has 0 N–H and O–H groups in total. The molecule has 3 unspecified atom stereocenters. The van der Waals surface area contributed by atoms with Crippen LogP contribution in [0.5, 0.6) is 0 Å². The lowest BCUT2D eigenvalue weighted by Crippen LogP contribution is -2.33. The van der Waals surface area contributed by atoms with E-state index >= 15 is 0 Å². The normalized spacial score (nSPS) is 26.7.